The summed E-state index contributed by atoms with van der Waals surface area (Å²) in [5.41, 5.74) is 6.32. The first-order valence-electron chi connectivity index (χ1n) is 3.76. The molecule has 0 saturated carbocycles. The molecule has 0 aliphatic carbocycles. The molecule has 0 heterocycles. The zero-order valence-corrected chi connectivity index (χ0v) is 6.70. The van der Waals surface area contributed by atoms with E-state index in [-0.39, 0.29) is 6.61 Å². The molecule has 0 aliphatic heterocycles. The van der Waals surface area contributed by atoms with Crippen LogP contribution in [0.4, 0.5) is 0 Å². The number of hydrogen-bond donors (Lipinski definition) is 2. The van der Waals surface area contributed by atoms with E-state index in [9.17, 15) is 0 Å². The summed E-state index contributed by atoms with van der Waals surface area (Å²) in [6.07, 6.45) is 0. The Kier molecular flexibility index (Phi) is 3.34. The molecule has 0 saturated heterocycles. The van der Waals surface area contributed by atoms with E-state index >= 15 is 0 Å². The van der Waals surface area contributed by atoms with Gasteiger partial charge in [-0.3, -0.25) is 0 Å². The van der Waals surface area contributed by atoms with E-state index in [1.165, 1.54) is 0 Å². The second-order valence-electron chi connectivity index (χ2n) is 2.42. The lowest BCUT2D eigenvalue weighted by atomic mass is 10.2. The summed E-state index contributed by atoms with van der Waals surface area (Å²) >= 11 is 0. The van der Waals surface area contributed by atoms with Crippen molar-refractivity contribution in [1.29, 1.82) is 0 Å². The summed E-state index contributed by atoms with van der Waals surface area (Å²) in [6, 6.07) is 9.11. The van der Waals surface area contributed by atoms with E-state index in [2.05, 4.69) is 11.8 Å². The SMILES string of the molecule is NC(C#Cc1ccccc1)CO. The van der Waals surface area contributed by atoms with Crippen LogP contribution >= 0.6 is 0 Å². The van der Waals surface area contributed by atoms with Gasteiger partial charge in [-0.15, -0.1) is 0 Å². The third-order valence-corrected chi connectivity index (χ3v) is 1.37. The molecule has 0 spiro atoms. The molecule has 0 aliphatic rings. The fourth-order valence-corrected chi connectivity index (χ4v) is 0.743. The topological polar surface area (TPSA) is 46.2 Å². The Morgan fingerprint density at radius 1 is 1.33 bits per heavy atom. The average molecular weight is 161 g/mol. The Bertz CT molecular complexity index is 284. The third-order valence-electron chi connectivity index (χ3n) is 1.37. The lowest BCUT2D eigenvalue weighted by molar-refractivity contribution is 0.287. The van der Waals surface area contributed by atoms with Crippen LogP contribution in [-0.4, -0.2) is 17.8 Å². The maximum absolute atomic E-state index is 8.59. The first kappa shape index (κ1) is 8.79. The molecule has 0 aromatic heterocycles. The van der Waals surface area contributed by atoms with Crippen LogP contribution in [0.3, 0.4) is 0 Å². The second-order valence-corrected chi connectivity index (χ2v) is 2.42. The maximum Gasteiger partial charge on any atom is 0.0902 e. The average Bonchev–Trinajstić information content (AvgIpc) is 2.16. The van der Waals surface area contributed by atoms with E-state index < -0.39 is 6.04 Å². The number of aliphatic hydroxyl groups excluding tert-OH is 1. The standard InChI is InChI=1S/C10H11NO/c11-10(8-12)7-6-9-4-2-1-3-5-9/h1-5,10,12H,8,11H2. The molecule has 1 aromatic rings. The molecule has 0 bridgehead atoms. The van der Waals surface area contributed by atoms with Crippen molar-refractivity contribution in [2.24, 2.45) is 5.73 Å². The minimum atomic E-state index is -0.440. The van der Waals surface area contributed by atoms with Crippen molar-refractivity contribution in [2.75, 3.05) is 6.61 Å². The van der Waals surface area contributed by atoms with Gasteiger partial charge in [0.1, 0.15) is 0 Å². The molecule has 1 unspecified atom stereocenters. The van der Waals surface area contributed by atoms with Crippen LogP contribution in [0, 0.1) is 11.8 Å². The molecule has 0 radical (unpaired) electrons. The Labute approximate surface area is 72.0 Å². The van der Waals surface area contributed by atoms with Crippen molar-refractivity contribution in [1.82, 2.24) is 0 Å². The molecule has 62 valence electrons. The molecule has 12 heavy (non-hydrogen) atoms. The minimum absolute atomic E-state index is 0.0974. The molecule has 1 aromatic carbocycles. The predicted molar refractivity (Wildman–Crippen MR) is 48.4 cm³/mol. The number of hydrogen-bond acceptors (Lipinski definition) is 2. The van der Waals surface area contributed by atoms with E-state index in [0.29, 0.717) is 0 Å². The number of rotatable bonds is 1. The van der Waals surface area contributed by atoms with E-state index in [1.54, 1.807) is 0 Å². The van der Waals surface area contributed by atoms with Crippen molar-refractivity contribution in [3.63, 3.8) is 0 Å². The summed E-state index contributed by atoms with van der Waals surface area (Å²) in [4.78, 5) is 0. The predicted octanol–water partition coefficient (Wildman–Crippen LogP) is 0.358. The fourth-order valence-electron chi connectivity index (χ4n) is 0.743. The fraction of sp³-hybridized carbons (Fsp3) is 0.200. The van der Waals surface area contributed by atoms with Gasteiger partial charge in [-0.05, 0) is 12.1 Å². The molecule has 2 heteroatoms. The Morgan fingerprint density at radius 2 is 2.00 bits per heavy atom. The molecule has 1 rings (SSSR count). The van der Waals surface area contributed by atoms with E-state index in [4.69, 9.17) is 10.8 Å². The minimum Gasteiger partial charge on any atom is -0.394 e. The molecule has 3 N–H and O–H groups in total. The van der Waals surface area contributed by atoms with Crippen LogP contribution in [0.2, 0.25) is 0 Å². The summed E-state index contributed by atoms with van der Waals surface area (Å²) in [7, 11) is 0. The number of nitrogens with two attached hydrogens (primary N) is 1. The number of aliphatic hydroxyl groups is 1. The summed E-state index contributed by atoms with van der Waals surface area (Å²) in [5, 5.41) is 8.59. The van der Waals surface area contributed by atoms with Gasteiger partial charge in [-0.2, -0.15) is 0 Å². The van der Waals surface area contributed by atoms with Crippen LogP contribution < -0.4 is 5.73 Å². The largest absolute Gasteiger partial charge is 0.394 e. The van der Waals surface area contributed by atoms with Gasteiger partial charge >= 0.3 is 0 Å². The second kappa shape index (κ2) is 4.55. The molecule has 2 nitrogen and oxygen atoms in total. The van der Waals surface area contributed by atoms with E-state index in [1.807, 2.05) is 30.3 Å². The van der Waals surface area contributed by atoms with Gasteiger partial charge in [0.2, 0.25) is 0 Å². The monoisotopic (exact) mass is 161 g/mol. The van der Waals surface area contributed by atoms with Gasteiger partial charge in [-0.1, -0.05) is 30.0 Å². The van der Waals surface area contributed by atoms with Crippen LogP contribution in [0.25, 0.3) is 0 Å². The van der Waals surface area contributed by atoms with Crippen molar-refractivity contribution < 1.29 is 5.11 Å². The normalized spacial score (nSPS) is 11.5. The van der Waals surface area contributed by atoms with Gasteiger partial charge in [-0.25, -0.2) is 0 Å². The zero-order chi connectivity index (χ0) is 8.81. The summed E-state index contributed by atoms with van der Waals surface area (Å²) in [6.45, 7) is -0.0974. The van der Waals surface area contributed by atoms with Crippen LogP contribution in [0.15, 0.2) is 30.3 Å². The quantitative estimate of drug-likeness (QED) is 0.584. The Morgan fingerprint density at radius 3 is 2.58 bits per heavy atom. The van der Waals surface area contributed by atoms with Crippen molar-refractivity contribution in [2.45, 2.75) is 6.04 Å². The molecule has 0 fully saturated rings. The third kappa shape index (κ3) is 2.75. The summed E-state index contributed by atoms with van der Waals surface area (Å²) < 4.78 is 0. The lowest BCUT2D eigenvalue weighted by Crippen LogP contribution is -2.21. The van der Waals surface area contributed by atoms with Crippen LogP contribution in [0.1, 0.15) is 5.56 Å². The number of benzene rings is 1. The molecular weight excluding hydrogens is 150 g/mol. The highest BCUT2D eigenvalue weighted by Crippen LogP contribution is 1.94. The molecular formula is C10H11NO. The van der Waals surface area contributed by atoms with Crippen molar-refractivity contribution in [3.8, 4) is 11.8 Å². The first-order valence-corrected chi connectivity index (χ1v) is 3.76. The molecule has 1 atom stereocenters. The smallest absolute Gasteiger partial charge is 0.0902 e. The van der Waals surface area contributed by atoms with Gasteiger partial charge in [0.15, 0.2) is 0 Å². The zero-order valence-electron chi connectivity index (χ0n) is 6.70. The molecule has 0 amide bonds. The highest BCUT2D eigenvalue weighted by atomic mass is 16.3. The van der Waals surface area contributed by atoms with Crippen molar-refractivity contribution >= 4 is 0 Å². The van der Waals surface area contributed by atoms with Crippen LogP contribution in [-0.2, 0) is 0 Å². The Hall–Kier alpha value is -1.30. The van der Waals surface area contributed by atoms with Gasteiger partial charge in [0.25, 0.3) is 0 Å². The van der Waals surface area contributed by atoms with Gasteiger partial charge in [0, 0.05) is 5.56 Å². The van der Waals surface area contributed by atoms with Gasteiger partial charge < -0.3 is 10.8 Å². The highest BCUT2D eigenvalue weighted by Gasteiger charge is 1.90. The Balaban J connectivity index is 2.67. The van der Waals surface area contributed by atoms with Crippen LogP contribution in [0.5, 0.6) is 0 Å². The summed E-state index contributed by atoms with van der Waals surface area (Å²) in [5.74, 6) is 5.59. The van der Waals surface area contributed by atoms with Crippen molar-refractivity contribution in [3.05, 3.63) is 35.9 Å². The first-order chi connectivity index (χ1) is 5.83. The lowest BCUT2D eigenvalue weighted by Gasteiger charge is -1.94. The highest BCUT2D eigenvalue weighted by molar-refractivity contribution is 5.34. The van der Waals surface area contributed by atoms with E-state index in [0.717, 1.165) is 5.56 Å². The van der Waals surface area contributed by atoms with Gasteiger partial charge in [0.05, 0.1) is 12.6 Å². The maximum atomic E-state index is 8.59.